The summed E-state index contributed by atoms with van der Waals surface area (Å²) in [7, 11) is 0. The van der Waals surface area contributed by atoms with Gasteiger partial charge in [-0.15, -0.1) is 0 Å². The van der Waals surface area contributed by atoms with Gasteiger partial charge in [0.1, 0.15) is 11.7 Å². The molecule has 0 aliphatic rings. The smallest absolute Gasteiger partial charge is 0.316 e. The van der Waals surface area contributed by atoms with Crippen LogP contribution in [0.4, 0.5) is 5.69 Å². The van der Waals surface area contributed by atoms with Gasteiger partial charge in [0.25, 0.3) is 0 Å². The van der Waals surface area contributed by atoms with Gasteiger partial charge in [0.15, 0.2) is 0 Å². The molecule has 0 saturated carbocycles. The number of fused-ring (bicyclic) bond motifs is 1. The van der Waals surface area contributed by atoms with Gasteiger partial charge >= 0.3 is 5.97 Å². The lowest BCUT2D eigenvalue weighted by molar-refractivity contribution is -0.147. The monoisotopic (exact) mass is 436 g/mol. The van der Waals surface area contributed by atoms with E-state index in [4.69, 9.17) is 0 Å². The first-order chi connectivity index (χ1) is 15.0. The van der Waals surface area contributed by atoms with Crippen molar-refractivity contribution < 1.29 is 19.8 Å². The number of nitrogens with zero attached hydrogens (tertiary/aromatic N) is 1. The molecule has 1 heterocycles. The number of carbonyl (C=O) groups excluding carboxylic acids is 1. The Morgan fingerprint density at radius 3 is 2.31 bits per heavy atom. The number of hydrogen-bond acceptors (Lipinski definition) is 3. The first-order valence-electron chi connectivity index (χ1n) is 11.0. The van der Waals surface area contributed by atoms with Crippen LogP contribution in [0.1, 0.15) is 56.0 Å². The number of carboxylic acid groups (broad SMARTS) is 1. The third-order valence-corrected chi connectivity index (χ3v) is 6.00. The average Bonchev–Trinajstić information content (AvgIpc) is 3.02. The van der Waals surface area contributed by atoms with Crippen LogP contribution in [0.25, 0.3) is 10.9 Å². The standard InChI is InChI=1S/C26H32N2O4/c1-14(2)19-12-18(8-10-22(19)29)13-28-17(6)11-20-21(9-7-16(5)24(20)28)27-25(30)23(15(3)4)26(31)32/h7-12,14-15,23,29H,13H2,1-6H3,(H,27,30)(H,31,32). The van der Waals surface area contributed by atoms with Crippen molar-refractivity contribution >= 4 is 28.5 Å². The van der Waals surface area contributed by atoms with Crippen LogP contribution >= 0.6 is 0 Å². The summed E-state index contributed by atoms with van der Waals surface area (Å²) in [5.41, 5.74) is 5.69. The summed E-state index contributed by atoms with van der Waals surface area (Å²) in [6.07, 6.45) is 0. The summed E-state index contributed by atoms with van der Waals surface area (Å²) in [4.78, 5) is 24.3. The Labute approximate surface area is 188 Å². The molecular formula is C26H32N2O4. The normalized spacial score (nSPS) is 12.5. The first-order valence-corrected chi connectivity index (χ1v) is 11.0. The van der Waals surface area contributed by atoms with Crippen molar-refractivity contribution in [1.29, 1.82) is 0 Å². The number of benzene rings is 2. The summed E-state index contributed by atoms with van der Waals surface area (Å²) in [5, 5.41) is 23.3. The fourth-order valence-electron chi connectivity index (χ4n) is 4.26. The zero-order valence-electron chi connectivity index (χ0n) is 19.6. The molecule has 32 heavy (non-hydrogen) atoms. The van der Waals surface area contributed by atoms with E-state index in [9.17, 15) is 19.8 Å². The number of carboxylic acids is 1. The summed E-state index contributed by atoms with van der Waals surface area (Å²) >= 11 is 0. The van der Waals surface area contributed by atoms with Crippen molar-refractivity contribution in [1.82, 2.24) is 4.57 Å². The number of aromatic hydroxyl groups is 1. The molecule has 1 unspecified atom stereocenters. The predicted molar refractivity (Wildman–Crippen MR) is 127 cm³/mol. The SMILES string of the molecule is Cc1ccc(NC(=O)C(C(=O)O)C(C)C)c2cc(C)n(Cc3ccc(O)c(C(C)C)c3)c12. The molecule has 1 aromatic heterocycles. The fourth-order valence-corrected chi connectivity index (χ4v) is 4.26. The van der Waals surface area contributed by atoms with E-state index in [1.165, 1.54) is 0 Å². The fraction of sp³-hybridized carbons (Fsp3) is 0.385. The Balaban J connectivity index is 2.03. The molecule has 0 saturated heterocycles. The zero-order valence-corrected chi connectivity index (χ0v) is 19.6. The third kappa shape index (κ3) is 4.49. The number of amides is 1. The van der Waals surface area contributed by atoms with Gasteiger partial charge in [-0.05, 0) is 60.6 Å². The Kier molecular flexibility index (Phi) is 6.63. The van der Waals surface area contributed by atoms with E-state index < -0.39 is 17.8 Å². The second-order valence-corrected chi connectivity index (χ2v) is 9.16. The molecule has 0 aliphatic heterocycles. The molecule has 3 rings (SSSR count). The molecule has 0 spiro atoms. The van der Waals surface area contributed by atoms with Gasteiger partial charge in [-0.25, -0.2) is 0 Å². The summed E-state index contributed by atoms with van der Waals surface area (Å²) in [6.45, 7) is 12.2. The number of anilines is 1. The van der Waals surface area contributed by atoms with Gasteiger partial charge in [-0.1, -0.05) is 45.9 Å². The predicted octanol–water partition coefficient (Wildman–Crippen LogP) is 5.43. The van der Waals surface area contributed by atoms with Crippen LogP contribution in [0.15, 0.2) is 36.4 Å². The molecule has 1 atom stereocenters. The number of aliphatic carboxylic acids is 1. The quantitative estimate of drug-likeness (QED) is 0.431. The van der Waals surface area contributed by atoms with E-state index in [0.29, 0.717) is 18.0 Å². The second kappa shape index (κ2) is 9.07. The Hall–Kier alpha value is -3.28. The van der Waals surface area contributed by atoms with Crippen LogP contribution in [0, 0.1) is 25.7 Å². The average molecular weight is 437 g/mol. The summed E-state index contributed by atoms with van der Waals surface area (Å²) in [6, 6.07) is 11.5. The minimum Gasteiger partial charge on any atom is -0.508 e. The Morgan fingerprint density at radius 1 is 1.03 bits per heavy atom. The van der Waals surface area contributed by atoms with Gasteiger partial charge in [-0.3, -0.25) is 9.59 Å². The van der Waals surface area contributed by atoms with Gasteiger partial charge in [0.2, 0.25) is 5.91 Å². The van der Waals surface area contributed by atoms with Crippen LogP contribution in [-0.4, -0.2) is 26.7 Å². The molecular weight excluding hydrogens is 404 g/mol. The highest BCUT2D eigenvalue weighted by Gasteiger charge is 2.30. The van der Waals surface area contributed by atoms with Crippen LogP contribution in [0.5, 0.6) is 5.75 Å². The maximum atomic E-state index is 12.7. The lowest BCUT2D eigenvalue weighted by Crippen LogP contribution is -2.33. The highest BCUT2D eigenvalue weighted by Crippen LogP contribution is 2.32. The van der Waals surface area contributed by atoms with Crippen molar-refractivity contribution in [3.05, 3.63) is 58.8 Å². The van der Waals surface area contributed by atoms with Crippen LogP contribution in [-0.2, 0) is 16.1 Å². The van der Waals surface area contributed by atoms with Crippen molar-refractivity contribution in [3.63, 3.8) is 0 Å². The number of aryl methyl sites for hydroxylation is 2. The first kappa shape index (κ1) is 23.4. The molecule has 2 aromatic carbocycles. The van der Waals surface area contributed by atoms with Gasteiger partial charge in [0.05, 0.1) is 11.2 Å². The van der Waals surface area contributed by atoms with Crippen LogP contribution < -0.4 is 5.32 Å². The topological polar surface area (TPSA) is 91.6 Å². The maximum absolute atomic E-state index is 12.7. The molecule has 0 bridgehead atoms. The molecule has 6 nitrogen and oxygen atoms in total. The van der Waals surface area contributed by atoms with Crippen molar-refractivity contribution in [2.75, 3.05) is 5.32 Å². The van der Waals surface area contributed by atoms with Gasteiger partial charge in [0, 0.05) is 17.6 Å². The zero-order chi connectivity index (χ0) is 23.7. The minimum absolute atomic E-state index is 0.212. The number of rotatable bonds is 7. The Bertz CT molecular complexity index is 1170. The number of hydrogen-bond donors (Lipinski definition) is 3. The lowest BCUT2D eigenvalue weighted by atomic mass is 9.95. The molecule has 6 heteroatoms. The second-order valence-electron chi connectivity index (χ2n) is 9.16. The molecule has 170 valence electrons. The molecule has 3 N–H and O–H groups in total. The van der Waals surface area contributed by atoms with E-state index in [1.807, 2.05) is 44.2 Å². The molecule has 0 fully saturated rings. The van der Waals surface area contributed by atoms with E-state index in [0.717, 1.165) is 33.3 Å². The van der Waals surface area contributed by atoms with Crippen molar-refractivity contribution in [2.24, 2.45) is 11.8 Å². The largest absolute Gasteiger partial charge is 0.508 e. The molecule has 1 amide bonds. The van der Waals surface area contributed by atoms with E-state index >= 15 is 0 Å². The minimum atomic E-state index is -1.12. The van der Waals surface area contributed by atoms with Crippen molar-refractivity contribution in [2.45, 2.75) is 54.0 Å². The maximum Gasteiger partial charge on any atom is 0.316 e. The number of phenolic OH excluding ortho intramolecular Hbond substituents is 1. The lowest BCUT2D eigenvalue weighted by Gasteiger charge is -2.17. The van der Waals surface area contributed by atoms with E-state index in [-0.39, 0.29) is 11.8 Å². The summed E-state index contributed by atoms with van der Waals surface area (Å²) in [5.74, 6) is -2.54. The molecule has 0 aliphatic carbocycles. The van der Waals surface area contributed by atoms with Crippen LogP contribution in [0.3, 0.4) is 0 Å². The van der Waals surface area contributed by atoms with Crippen molar-refractivity contribution in [3.8, 4) is 5.75 Å². The summed E-state index contributed by atoms with van der Waals surface area (Å²) < 4.78 is 2.19. The highest BCUT2D eigenvalue weighted by atomic mass is 16.4. The molecule has 0 radical (unpaired) electrons. The van der Waals surface area contributed by atoms with Crippen LogP contribution in [0.2, 0.25) is 0 Å². The molecule has 3 aromatic rings. The van der Waals surface area contributed by atoms with E-state index in [2.05, 4.69) is 23.7 Å². The highest BCUT2D eigenvalue weighted by molar-refractivity contribution is 6.09. The number of carbonyl (C=O) groups is 2. The van der Waals surface area contributed by atoms with Gasteiger partial charge in [-0.2, -0.15) is 0 Å². The number of aromatic nitrogens is 1. The Morgan fingerprint density at radius 2 is 1.72 bits per heavy atom. The third-order valence-electron chi connectivity index (χ3n) is 6.00. The number of nitrogens with one attached hydrogen (secondary N) is 1. The van der Waals surface area contributed by atoms with Gasteiger partial charge < -0.3 is 20.1 Å². The number of phenols is 1. The van der Waals surface area contributed by atoms with E-state index in [1.54, 1.807) is 19.9 Å².